The summed E-state index contributed by atoms with van der Waals surface area (Å²) in [5.41, 5.74) is 0.730. The highest BCUT2D eigenvalue weighted by atomic mass is 32.2. The molecule has 5 nitrogen and oxygen atoms in total. The van der Waals surface area contributed by atoms with Crippen molar-refractivity contribution >= 4 is 21.6 Å². The molecular formula is C18H20F2N2O3S. The highest BCUT2D eigenvalue weighted by Gasteiger charge is 2.30. The van der Waals surface area contributed by atoms with Gasteiger partial charge in [-0.2, -0.15) is 0 Å². The lowest BCUT2D eigenvalue weighted by atomic mass is 10.1. The van der Waals surface area contributed by atoms with Crippen LogP contribution in [-0.2, 0) is 14.8 Å². The molecule has 0 fully saturated rings. The van der Waals surface area contributed by atoms with Gasteiger partial charge in [-0.3, -0.25) is 9.10 Å². The SMILES string of the molecule is C[C@@H](NC(=O)[C@H](C)N(c1cccc(F)c1)S(C)(=O)=O)c1ccc(F)cc1. The molecule has 2 aromatic carbocycles. The Morgan fingerprint density at radius 3 is 2.19 bits per heavy atom. The largest absolute Gasteiger partial charge is 0.348 e. The van der Waals surface area contributed by atoms with Crippen molar-refractivity contribution in [3.05, 3.63) is 65.7 Å². The Kier molecular flexibility index (Phi) is 5.97. The lowest BCUT2D eigenvalue weighted by molar-refractivity contribution is -0.122. The number of nitrogens with zero attached hydrogens (tertiary/aromatic N) is 1. The summed E-state index contributed by atoms with van der Waals surface area (Å²) in [6, 6.07) is 9.08. The number of amides is 1. The van der Waals surface area contributed by atoms with Crippen LogP contribution in [0.5, 0.6) is 0 Å². The third kappa shape index (κ3) is 4.78. The van der Waals surface area contributed by atoms with Gasteiger partial charge >= 0.3 is 0 Å². The van der Waals surface area contributed by atoms with E-state index in [4.69, 9.17) is 0 Å². The average molecular weight is 382 g/mol. The van der Waals surface area contributed by atoms with Gasteiger partial charge in [0, 0.05) is 0 Å². The van der Waals surface area contributed by atoms with Crippen LogP contribution in [0.3, 0.4) is 0 Å². The zero-order valence-electron chi connectivity index (χ0n) is 14.6. The molecule has 0 bridgehead atoms. The number of benzene rings is 2. The van der Waals surface area contributed by atoms with E-state index in [9.17, 15) is 22.0 Å². The van der Waals surface area contributed by atoms with E-state index in [1.807, 2.05) is 0 Å². The van der Waals surface area contributed by atoms with Gasteiger partial charge in [0.2, 0.25) is 15.9 Å². The minimum absolute atomic E-state index is 0.0598. The number of carbonyl (C=O) groups excluding carboxylic acids is 1. The standard InChI is InChI=1S/C18H20F2N2O3S/c1-12(14-7-9-15(19)10-8-14)21-18(23)13(2)22(26(3,24)25)17-6-4-5-16(20)11-17/h4-13H,1-3H3,(H,21,23)/t12-,13+/m1/s1. The Morgan fingerprint density at radius 1 is 1.04 bits per heavy atom. The van der Waals surface area contributed by atoms with Crippen molar-refractivity contribution < 1.29 is 22.0 Å². The molecule has 0 radical (unpaired) electrons. The maximum atomic E-state index is 13.5. The maximum Gasteiger partial charge on any atom is 0.244 e. The number of hydrogen-bond acceptors (Lipinski definition) is 3. The second-order valence-electron chi connectivity index (χ2n) is 6.00. The Balaban J connectivity index is 2.23. The summed E-state index contributed by atoms with van der Waals surface area (Å²) in [4.78, 5) is 12.6. The monoisotopic (exact) mass is 382 g/mol. The fourth-order valence-electron chi connectivity index (χ4n) is 2.59. The second-order valence-corrected chi connectivity index (χ2v) is 7.86. The Bertz CT molecular complexity index is 886. The molecule has 0 unspecified atom stereocenters. The first-order chi connectivity index (χ1) is 12.1. The first kappa shape index (κ1) is 19.8. The van der Waals surface area contributed by atoms with Crippen molar-refractivity contribution in [3.8, 4) is 0 Å². The normalized spacial score (nSPS) is 13.7. The average Bonchev–Trinajstić information content (AvgIpc) is 2.54. The van der Waals surface area contributed by atoms with Gasteiger partial charge in [0.25, 0.3) is 0 Å². The molecule has 0 aliphatic rings. The molecule has 0 aliphatic heterocycles. The van der Waals surface area contributed by atoms with E-state index in [1.165, 1.54) is 49.4 Å². The zero-order chi connectivity index (χ0) is 19.5. The molecule has 1 amide bonds. The number of halogens is 2. The second kappa shape index (κ2) is 7.82. The summed E-state index contributed by atoms with van der Waals surface area (Å²) >= 11 is 0. The molecule has 0 aromatic heterocycles. The maximum absolute atomic E-state index is 13.5. The number of nitrogens with one attached hydrogen (secondary N) is 1. The fourth-order valence-corrected chi connectivity index (χ4v) is 3.76. The van der Waals surface area contributed by atoms with Crippen LogP contribution in [0.2, 0.25) is 0 Å². The number of hydrogen-bond donors (Lipinski definition) is 1. The van der Waals surface area contributed by atoms with E-state index >= 15 is 0 Å². The summed E-state index contributed by atoms with van der Waals surface area (Å²) < 4.78 is 51.7. The first-order valence-corrected chi connectivity index (χ1v) is 9.75. The Labute approximate surface area is 151 Å². The van der Waals surface area contributed by atoms with Gasteiger partial charge in [-0.1, -0.05) is 18.2 Å². The van der Waals surface area contributed by atoms with Gasteiger partial charge in [0.05, 0.1) is 18.0 Å². The highest BCUT2D eigenvalue weighted by Crippen LogP contribution is 2.22. The van der Waals surface area contributed by atoms with Crippen LogP contribution in [0.15, 0.2) is 48.5 Å². The number of carbonyl (C=O) groups is 1. The molecular weight excluding hydrogens is 362 g/mol. The van der Waals surface area contributed by atoms with Gasteiger partial charge < -0.3 is 5.32 Å². The van der Waals surface area contributed by atoms with Crippen LogP contribution in [0.1, 0.15) is 25.5 Å². The van der Waals surface area contributed by atoms with Gasteiger partial charge in [0.1, 0.15) is 17.7 Å². The van der Waals surface area contributed by atoms with Crippen molar-refractivity contribution in [2.24, 2.45) is 0 Å². The molecule has 2 aromatic rings. The Hall–Kier alpha value is -2.48. The van der Waals surface area contributed by atoms with Crippen LogP contribution in [-0.4, -0.2) is 26.6 Å². The van der Waals surface area contributed by atoms with Crippen molar-refractivity contribution in [2.75, 3.05) is 10.6 Å². The quantitative estimate of drug-likeness (QED) is 0.835. The summed E-state index contributed by atoms with van der Waals surface area (Å²) in [5, 5.41) is 2.69. The topological polar surface area (TPSA) is 66.5 Å². The van der Waals surface area contributed by atoms with E-state index < -0.39 is 39.6 Å². The minimum Gasteiger partial charge on any atom is -0.348 e. The van der Waals surface area contributed by atoms with E-state index in [2.05, 4.69) is 5.32 Å². The molecule has 8 heteroatoms. The van der Waals surface area contributed by atoms with Crippen LogP contribution in [0.25, 0.3) is 0 Å². The third-order valence-corrected chi connectivity index (χ3v) is 5.12. The predicted octanol–water partition coefficient (Wildman–Crippen LogP) is 3.00. The number of rotatable bonds is 6. The van der Waals surface area contributed by atoms with Gasteiger partial charge in [-0.15, -0.1) is 0 Å². The van der Waals surface area contributed by atoms with Crippen molar-refractivity contribution in [1.29, 1.82) is 0 Å². The molecule has 0 saturated heterocycles. The summed E-state index contributed by atoms with van der Waals surface area (Å²) in [6.07, 6.45) is 0.949. The van der Waals surface area contributed by atoms with Crippen molar-refractivity contribution in [2.45, 2.75) is 25.9 Å². The summed E-state index contributed by atoms with van der Waals surface area (Å²) in [5.74, 6) is -1.56. The molecule has 2 rings (SSSR count). The van der Waals surface area contributed by atoms with Crippen LogP contribution < -0.4 is 9.62 Å². The minimum atomic E-state index is -3.83. The molecule has 0 heterocycles. The highest BCUT2D eigenvalue weighted by molar-refractivity contribution is 7.92. The summed E-state index contributed by atoms with van der Waals surface area (Å²) in [6.45, 7) is 3.11. The Morgan fingerprint density at radius 2 is 1.65 bits per heavy atom. The number of sulfonamides is 1. The van der Waals surface area contributed by atoms with E-state index in [1.54, 1.807) is 6.92 Å². The third-order valence-electron chi connectivity index (χ3n) is 3.88. The summed E-state index contributed by atoms with van der Waals surface area (Å²) in [7, 11) is -3.83. The van der Waals surface area contributed by atoms with Crippen LogP contribution in [0.4, 0.5) is 14.5 Å². The lowest BCUT2D eigenvalue weighted by Crippen LogP contribution is -2.48. The first-order valence-electron chi connectivity index (χ1n) is 7.90. The molecule has 0 spiro atoms. The zero-order valence-corrected chi connectivity index (χ0v) is 15.4. The molecule has 26 heavy (non-hydrogen) atoms. The van der Waals surface area contributed by atoms with Gasteiger partial charge in [-0.05, 0) is 49.7 Å². The lowest BCUT2D eigenvalue weighted by Gasteiger charge is -2.29. The van der Waals surface area contributed by atoms with Crippen molar-refractivity contribution in [1.82, 2.24) is 5.32 Å². The van der Waals surface area contributed by atoms with Gasteiger partial charge in [-0.25, -0.2) is 17.2 Å². The van der Waals surface area contributed by atoms with E-state index in [0.717, 1.165) is 16.6 Å². The molecule has 2 atom stereocenters. The van der Waals surface area contributed by atoms with E-state index in [-0.39, 0.29) is 5.69 Å². The van der Waals surface area contributed by atoms with Crippen LogP contribution in [0, 0.1) is 11.6 Å². The number of anilines is 1. The van der Waals surface area contributed by atoms with Crippen LogP contribution >= 0.6 is 0 Å². The fraction of sp³-hybridized carbons (Fsp3) is 0.278. The molecule has 0 aliphatic carbocycles. The molecule has 0 saturated carbocycles. The smallest absolute Gasteiger partial charge is 0.244 e. The molecule has 140 valence electrons. The van der Waals surface area contributed by atoms with E-state index in [0.29, 0.717) is 5.56 Å². The molecule has 1 N–H and O–H groups in total. The van der Waals surface area contributed by atoms with Gasteiger partial charge in [0.15, 0.2) is 0 Å². The van der Waals surface area contributed by atoms with Crippen molar-refractivity contribution in [3.63, 3.8) is 0 Å². The predicted molar refractivity (Wildman–Crippen MR) is 96.1 cm³/mol.